The highest BCUT2D eigenvalue weighted by atomic mass is 19.1. The molecule has 0 bridgehead atoms. The number of furan rings is 1. The lowest BCUT2D eigenvalue weighted by Crippen LogP contribution is -2.27. The smallest absolute Gasteiger partial charge is 0.252 e. The first-order valence-electron chi connectivity index (χ1n) is 6.52. The predicted molar refractivity (Wildman–Crippen MR) is 75.2 cm³/mol. The molecule has 0 fully saturated rings. The summed E-state index contributed by atoms with van der Waals surface area (Å²) in [4.78, 5) is 12.2. The molecule has 1 heterocycles. The van der Waals surface area contributed by atoms with Gasteiger partial charge in [-0.3, -0.25) is 4.79 Å². The average Bonchev–Trinajstić information content (AvgIpc) is 2.68. The van der Waals surface area contributed by atoms with Crippen molar-refractivity contribution >= 4 is 5.91 Å². The highest BCUT2D eigenvalue weighted by Crippen LogP contribution is 2.22. The highest BCUT2D eigenvalue weighted by Gasteiger charge is 2.17. The van der Waals surface area contributed by atoms with E-state index in [0.29, 0.717) is 11.1 Å². The van der Waals surface area contributed by atoms with Crippen molar-refractivity contribution in [3.05, 3.63) is 58.3 Å². The van der Waals surface area contributed by atoms with Crippen molar-refractivity contribution in [1.82, 2.24) is 5.32 Å². The second-order valence-corrected chi connectivity index (χ2v) is 5.02. The molecule has 2 rings (SSSR count). The quantitative estimate of drug-likeness (QED) is 0.924. The van der Waals surface area contributed by atoms with Crippen LogP contribution in [0.2, 0.25) is 0 Å². The molecule has 106 valence electrons. The molecule has 1 aromatic carbocycles. The van der Waals surface area contributed by atoms with E-state index in [1.807, 2.05) is 26.8 Å². The second-order valence-electron chi connectivity index (χ2n) is 5.02. The number of carbonyl (C=O) groups is 1. The summed E-state index contributed by atoms with van der Waals surface area (Å²) in [5, 5.41) is 2.91. The molecule has 4 heteroatoms. The first-order chi connectivity index (χ1) is 9.38. The summed E-state index contributed by atoms with van der Waals surface area (Å²) in [6.07, 6.45) is 0. The maximum atomic E-state index is 13.0. The van der Waals surface area contributed by atoms with Crippen molar-refractivity contribution in [3.8, 4) is 0 Å². The normalized spacial score (nSPS) is 12.2. The number of carbonyl (C=O) groups excluding carboxylic acids is 1. The molecule has 3 nitrogen and oxygen atoms in total. The first kappa shape index (κ1) is 14.3. The molecule has 1 atom stereocenters. The molecule has 1 aromatic heterocycles. The van der Waals surface area contributed by atoms with Gasteiger partial charge in [0.1, 0.15) is 17.3 Å². The Hall–Kier alpha value is -2.10. The van der Waals surface area contributed by atoms with E-state index in [4.69, 9.17) is 4.42 Å². The molecule has 20 heavy (non-hydrogen) atoms. The Balaban J connectivity index is 2.17. The Morgan fingerprint density at radius 2 is 1.95 bits per heavy atom. The van der Waals surface area contributed by atoms with Crippen LogP contribution in [0.15, 0.2) is 28.7 Å². The van der Waals surface area contributed by atoms with E-state index in [1.165, 1.54) is 18.2 Å². The zero-order valence-electron chi connectivity index (χ0n) is 12.1. The Morgan fingerprint density at radius 3 is 2.50 bits per heavy atom. The minimum Gasteiger partial charge on any atom is -0.466 e. The molecule has 1 N–H and O–H groups in total. The maximum absolute atomic E-state index is 13.0. The zero-order valence-corrected chi connectivity index (χ0v) is 12.1. The topological polar surface area (TPSA) is 42.2 Å². The first-order valence-corrected chi connectivity index (χ1v) is 6.52. The third-order valence-corrected chi connectivity index (χ3v) is 3.33. The van der Waals surface area contributed by atoms with Crippen LogP contribution in [0.1, 0.15) is 46.0 Å². The summed E-state index contributed by atoms with van der Waals surface area (Å²) in [5.41, 5.74) is 2.06. The van der Waals surface area contributed by atoms with E-state index in [-0.39, 0.29) is 17.8 Å². The van der Waals surface area contributed by atoms with Gasteiger partial charge in [-0.05, 0) is 57.5 Å². The number of hydrogen-bond acceptors (Lipinski definition) is 2. The number of amides is 1. The maximum Gasteiger partial charge on any atom is 0.252 e. The third-order valence-electron chi connectivity index (χ3n) is 3.33. The molecule has 0 saturated carbocycles. The fourth-order valence-electron chi connectivity index (χ4n) is 2.31. The number of hydrogen-bond donors (Lipinski definition) is 1. The van der Waals surface area contributed by atoms with Gasteiger partial charge in [0.25, 0.3) is 5.91 Å². The molecular weight excluding hydrogens is 257 g/mol. The van der Waals surface area contributed by atoms with Crippen LogP contribution in [0.4, 0.5) is 4.39 Å². The van der Waals surface area contributed by atoms with Crippen molar-refractivity contribution in [2.75, 3.05) is 0 Å². The molecule has 0 aliphatic heterocycles. The van der Waals surface area contributed by atoms with Gasteiger partial charge < -0.3 is 9.73 Å². The number of aryl methyl sites for hydroxylation is 3. The van der Waals surface area contributed by atoms with Crippen LogP contribution < -0.4 is 5.32 Å². The van der Waals surface area contributed by atoms with Crippen molar-refractivity contribution in [1.29, 1.82) is 0 Å². The Labute approximate surface area is 117 Å². The van der Waals surface area contributed by atoms with E-state index < -0.39 is 0 Å². The van der Waals surface area contributed by atoms with Crippen molar-refractivity contribution in [2.24, 2.45) is 0 Å². The molecule has 0 spiro atoms. The molecule has 2 aromatic rings. The average molecular weight is 275 g/mol. The summed E-state index contributed by atoms with van der Waals surface area (Å²) < 4.78 is 18.5. The molecule has 0 aliphatic carbocycles. The fraction of sp³-hybridized carbons (Fsp3) is 0.312. The van der Waals surface area contributed by atoms with Gasteiger partial charge in [0.2, 0.25) is 0 Å². The number of halogens is 1. The lowest BCUT2D eigenvalue weighted by atomic mass is 10.1. The van der Waals surface area contributed by atoms with E-state index in [2.05, 4.69) is 5.32 Å². The van der Waals surface area contributed by atoms with E-state index in [1.54, 1.807) is 6.92 Å². The van der Waals surface area contributed by atoms with Gasteiger partial charge >= 0.3 is 0 Å². The van der Waals surface area contributed by atoms with Gasteiger partial charge in [0.15, 0.2) is 0 Å². The minimum absolute atomic E-state index is 0.163. The Kier molecular flexibility index (Phi) is 3.93. The lowest BCUT2D eigenvalue weighted by Gasteiger charge is -2.14. The number of rotatable bonds is 3. The highest BCUT2D eigenvalue weighted by molar-refractivity contribution is 5.95. The summed E-state index contributed by atoms with van der Waals surface area (Å²) in [6, 6.07) is 5.90. The Bertz CT molecular complexity index is 646. The third kappa shape index (κ3) is 2.90. The summed E-state index contributed by atoms with van der Waals surface area (Å²) in [5.74, 6) is 1.06. The van der Waals surface area contributed by atoms with Gasteiger partial charge in [0, 0.05) is 11.1 Å². The van der Waals surface area contributed by atoms with E-state index in [9.17, 15) is 9.18 Å². The van der Waals surface area contributed by atoms with E-state index in [0.717, 1.165) is 17.1 Å². The molecule has 1 amide bonds. The molecular formula is C16H18FNO2. The van der Waals surface area contributed by atoms with Crippen molar-refractivity contribution in [2.45, 2.75) is 33.7 Å². The number of benzene rings is 1. The second kappa shape index (κ2) is 5.49. The van der Waals surface area contributed by atoms with Gasteiger partial charge in [-0.25, -0.2) is 4.39 Å². The molecule has 0 aliphatic rings. The summed E-state index contributed by atoms with van der Waals surface area (Å²) in [6.45, 7) is 7.35. The molecule has 0 saturated heterocycles. The van der Waals surface area contributed by atoms with Crippen LogP contribution in [0, 0.1) is 26.6 Å². The molecule has 1 unspecified atom stereocenters. The van der Waals surface area contributed by atoms with Crippen LogP contribution in [0.5, 0.6) is 0 Å². The van der Waals surface area contributed by atoms with Gasteiger partial charge in [-0.2, -0.15) is 0 Å². The van der Waals surface area contributed by atoms with Gasteiger partial charge in [-0.1, -0.05) is 0 Å². The van der Waals surface area contributed by atoms with Crippen LogP contribution in [-0.2, 0) is 0 Å². The SMILES string of the molecule is Cc1cc(C(C)NC(=O)c2ccc(F)cc2C)c(C)o1. The van der Waals surface area contributed by atoms with Crippen molar-refractivity contribution in [3.63, 3.8) is 0 Å². The van der Waals surface area contributed by atoms with Gasteiger partial charge in [0.05, 0.1) is 6.04 Å². The largest absolute Gasteiger partial charge is 0.466 e. The van der Waals surface area contributed by atoms with Crippen LogP contribution >= 0.6 is 0 Å². The Morgan fingerprint density at radius 1 is 1.25 bits per heavy atom. The minimum atomic E-state index is -0.339. The van der Waals surface area contributed by atoms with Crippen molar-refractivity contribution < 1.29 is 13.6 Å². The van der Waals surface area contributed by atoms with Crippen LogP contribution in [0.3, 0.4) is 0 Å². The zero-order chi connectivity index (χ0) is 14.9. The van der Waals surface area contributed by atoms with Crippen LogP contribution in [-0.4, -0.2) is 5.91 Å². The lowest BCUT2D eigenvalue weighted by molar-refractivity contribution is 0.0939. The number of nitrogens with one attached hydrogen (secondary N) is 1. The standard InChI is InChI=1S/C16H18FNO2/c1-9-7-13(17)5-6-14(9)16(19)18-11(3)15-8-10(2)20-12(15)4/h5-8,11H,1-4H3,(H,18,19). The monoisotopic (exact) mass is 275 g/mol. The predicted octanol–water partition coefficient (Wildman–Crippen LogP) is 3.83. The van der Waals surface area contributed by atoms with Crippen LogP contribution in [0.25, 0.3) is 0 Å². The summed E-state index contributed by atoms with van der Waals surface area (Å²) >= 11 is 0. The summed E-state index contributed by atoms with van der Waals surface area (Å²) in [7, 11) is 0. The van der Waals surface area contributed by atoms with Gasteiger partial charge in [-0.15, -0.1) is 0 Å². The fourth-order valence-corrected chi connectivity index (χ4v) is 2.31. The molecule has 0 radical (unpaired) electrons. The van der Waals surface area contributed by atoms with E-state index >= 15 is 0 Å².